The Morgan fingerprint density at radius 2 is 2.12 bits per heavy atom. The number of carboxylic acids is 1. The first-order valence-electron chi connectivity index (χ1n) is 4.95. The van der Waals surface area contributed by atoms with Gasteiger partial charge in [0.25, 0.3) is 10.0 Å². The fourth-order valence-electron chi connectivity index (χ4n) is 1.12. The van der Waals surface area contributed by atoms with Gasteiger partial charge in [-0.05, 0) is 32.1 Å². The smallest absolute Gasteiger partial charge is 0.371 e. The van der Waals surface area contributed by atoms with Crippen LogP contribution in [-0.2, 0) is 10.0 Å². The van der Waals surface area contributed by atoms with Gasteiger partial charge >= 0.3 is 5.97 Å². The largest absolute Gasteiger partial charge is 0.475 e. The number of carboxylic acid groups (broad SMARTS) is 1. The molecule has 1 aromatic heterocycles. The molecule has 0 aromatic carbocycles. The molecule has 0 radical (unpaired) electrons. The van der Waals surface area contributed by atoms with Crippen molar-refractivity contribution >= 4 is 16.0 Å². The maximum atomic E-state index is 11.6. The van der Waals surface area contributed by atoms with E-state index >= 15 is 0 Å². The van der Waals surface area contributed by atoms with Crippen molar-refractivity contribution in [3.8, 4) is 0 Å². The number of furan rings is 1. The molecule has 0 aliphatic rings. The Morgan fingerprint density at radius 1 is 1.41 bits per heavy atom. The molecule has 0 aliphatic carbocycles. The normalized spacial score (nSPS) is 11.6. The molecule has 0 spiro atoms. The van der Waals surface area contributed by atoms with E-state index in [4.69, 9.17) is 9.52 Å². The lowest BCUT2D eigenvalue weighted by molar-refractivity contribution is 0.0656. The molecule has 1 rings (SSSR count). The zero-order chi connectivity index (χ0) is 12.9. The molecule has 0 atom stereocenters. The molecule has 0 aliphatic heterocycles. The first-order chi connectivity index (χ1) is 7.97. The summed E-state index contributed by atoms with van der Waals surface area (Å²) in [5, 5.41) is 11.1. The molecular weight excluding hydrogens is 248 g/mol. The highest BCUT2D eigenvalue weighted by Gasteiger charge is 2.20. The van der Waals surface area contributed by atoms with Crippen LogP contribution >= 0.6 is 0 Å². The minimum atomic E-state index is -3.76. The van der Waals surface area contributed by atoms with E-state index in [9.17, 15) is 13.2 Å². The predicted octanol–water partition coefficient (Wildman–Crippen LogP) is -0.134. The van der Waals surface area contributed by atoms with Crippen LogP contribution in [-0.4, -0.2) is 39.6 Å². The van der Waals surface area contributed by atoms with Gasteiger partial charge in [0.2, 0.25) is 10.9 Å². The molecule has 8 heteroatoms. The molecule has 0 saturated heterocycles. The van der Waals surface area contributed by atoms with Crippen LogP contribution in [0.5, 0.6) is 0 Å². The number of sulfonamides is 1. The molecule has 0 fully saturated rings. The highest BCUT2D eigenvalue weighted by molar-refractivity contribution is 7.89. The standard InChI is InChI=1S/C9H14N2O5S/c1-10-5-2-6-11-17(14,15)8-4-3-7(16-8)9(12)13/h3-4,10-11H,2,5-6H2,1H3,(H,12,13). The summed E-state index contributed by atoms with van der Waals surface area (Å²) < 4.78 is 30.2. The number of rotatable bonds is 7. The summed E-state index contributed by atoms with van der Waals surface area (Å²) >= 11 is 0. The van der Waals surface area contributed by atoms with Gasteiger partial charge < -0.3 is 14.8 Å². The molecular formula is C9H14N2O5S. The van der Waals surface area contributed by atoms with Crippen LogP contribution in [0.25, 0.3) is 0 Å². The number of nitrogens with one attached hydrogen (secondary N) is 2. The van der Waals surface area contributed by atoms with Gasteiger partial charge in [-0.2, -0.15) is 0 Å². The van der Waals surface area contributed by atoms with Gasteiger partial charge in [0.1, 0.15) is 0 Å². The van der Waals surface area contributed by atoms with Crippen LogP contribution < -0.4 is 10.0 Å². The molecule has 3 N–H and O–H groups in total. The van der Waals surface area contributed by atoms with Crippen molar-refractivity contribution in [2.45, 2.75) is 11.5 Å². The van der Waals surface area contributed by atoms with Gasteiger partial charge in [0.15, 0.2) is 0 Å². The van der Waals surface area contributed by atoms with Gasteiger partial charge in [-0.25, -0.2) is 17.9 Å². The summed E-state index contributed by atoms with van der Waals surface area (Å²) in [5.74, 6) is -1.71. The third-order valence-electron chi connectivity index (χ3n) is 1.95. The minimum absolute atomic E-state index is 0.256. The van der Waals surface area contributed by atoms with Crippen molar-refractivity contribution < 1.29 is 22.7 Å². The molecule has 7 nitrogen and oxygen atoms in total. The maximum absolute atomic E-state index is 11.6. The Labute approximate surface area is 98.9 Å². The van der Waals surface area contributed by atoms with Crippen molar-refractivity contribution in [2.24, 2.45) is 0 Å². The Hall–Kier alpha value is -1.38. The van der Waals surface area contributed by atoms with Crippen molar-refractivity contribution in [2.75, 3.05) is 20.1 Å². The molecule has 0 bridgehead atoms. The molecule has 0 saturated carbocycles. The van der Waals surface area contributed by atoms with Crippen molar-refractivity contribution in [1.29, 1.82) is 0 Å². The van der Waals surface area contributed by atoms with E-state index in [0.29, 0.717) is 13.0 Å². The predicted molar refractivity (Wildman–Crippen MR) is 59.4 cm³/mol. The summed E-state index contributed by atoms with van der Waals surface area (Å²) in [6, 6.07) is 2.22. The average Bonchev–Trinajstić information content (AvgIpc) is 2.74. The summed E-state index contributed by atoms with van der Waals surface area (Å²) in [6.07, 6.45) is 0.627. The lowest BCUT2D eigenvalue weighted by Crippen LogP contribution is -2.26. The highest BCUT2D eigenvalue weighted by atomic mass is 32.2. The molecule has 0 amide bonds. The Balaban J connectivity index is 2.66. The number of hydrogen-bond acceptors (Lipinski definition) is 5. The zero-order valence-corrected chi connectivity index (χ0v) is 10.1. The second kappa shape index (κ2) is 5.80. The number of aromatic carboxylic acids is 1. The topological polar surface area (TPSA) is 109 Å². The first kappa shape index (κ1) is 13.7. The fourth-order valence-corrected chi connectivity index (χ4v) is 2.12. The SMILES string of the molecule is CNCCCNS(=O)(=O)c1ccc(C(=O)O)o1. The van der Waals surface area contributed by atoms with Crippen molar-refractivity contribution in [1.82, 2.24) is 10.0 Å². The zero-order valence-electron chi connectivity index (χ0n) is 9.26. The quantitative estimate of drug-likeness (QED) is 0.590. The Bertz CT molecular complexity index is 479. The molecule has 1 aromatic rings. The van der Waals surface area contributed by atoms with E-state index in [2.05, 4.69) is 10.0 Å². The van der Waals surface area contributed by atoms with Gasteiger partial charge in [0.05, 0.1) is 0 Å². The van der Waals surface area contributed by atoms with Gasteiger partial charge in [-0.3, -0.25) is 0 Å². The lowest BCUT2D eigenvalue weighted by Gasteiger charge is -2.03. The molecule has 0 unspecified atom stereocenters. The van der Waals surface area contributed by atoms with Crippen LogP contribution in [0.15, 0.2) is 21.6 Å². The summed E-state index contributed by atoms with van der Waals surface area (Å²) in [5.41, 5.74) is 0. The second-order valence-electron chi connectivity index (χ2n) is 3.28. The van der Waals surface area contributed by atoms with E-state index < -0.39 is 21.8 Å². The lowest BCUT2D eigenvalue weighted by atomic mass is 10.4. The van der Waals surface area contributed by atoms with Crippen molar-refractivity contribution in [3.05, 3.63) is 17.9 Å². The van der Waals surface area contributed by atoms with Crippen LogP contribution in [0, 0.1) is 0 Å². The third kappa shape index (κ3) is 3.84. The van der Waals surface area contributed by atoms with Gasteiger partial charge in [0, 0.05) is 6.54 Å². The average molecular weight is 262 g/mol. The van der Waals surface area contributed by atoms with Gasteiger partial charge in [-0.15, -0.1) is 0 Å². The van der Waals surface area contributed by atoms with Crippen LogP contribution in [0.2, 0.25) is 0 Å². The monoisotopic (exact) mass is 262 g/mol. The number of carbonyl (C=O) groups is 1. The molecule has 96 valence electrons. The van der Waals surface area contributed by atoms with E-state index in [1.165, 1.54) is 0 Å². The summed E-state index contributed by atoms with van der Waals surface area (Å²) in [6.45, 7) is 0.938. The molecule has 17 heavy (non-hydrogen) atoms. The van der Waals surface area contributed by atoms with Gasteiger partial charge in [-0.1, -0.05) is 0 Å². The van der Waals surface area contributed by atoms with Crippen LogP contribution in [0.3, 0.4) is 0 Å². The first-order valence-corrected chi connectivity index (χ1v) is 6.43. The summed E-state index contributed by atoms with van der Waals surface area (Å²) in [7, 11) is -2.00. The maximum Gasteiger partial charge on any atom is 0.371 e. The Kier molecular flexibility index (Phi) is 4.67. The van der Waals surface area contributed by atoms with Crippen LogP contribution in [0.4, 0.5) is 0 Å². The molecule has 1 heterocycles. The van der Waals surface area contributed by atoms with E-state index in [1.54, 1.807) is 7.05 Å². The third-order valence-corrected chi connectivity index (χ3v) is 3.29. The highest BCUT2D eigenvalue weighted by Crippen LogP contribution is 2.13. The van der Waals surface area contributed by atoms with Crippen LogP contribution in [0.1, 0.15) is 17.0 Å². The second-order valence-corrected chi connectivity index (χ2v) is 4.98. The van der Waals surface area contributed by atoms with E-state index in [-0.39, 0.29) is 11.6 Å². The van der Waals surface area contributed by atoms with Crippen molar-refractivity contribution in [3.63, 3.8) is 0 Å². The Morgan fingerprint density at radius 3 is 2.65 bits per heavy atom. The van der Waals surface area contributed by atoms with E-state index in [0.717, 1.165) is 12.1 Å². The van der Waals surface area contributed by atoms with E-state index in [1.807, 2.05) is 0 Å². The minimum Gasteiger partial charge on any atom is -0.475 e. The summed E-state index contributed by atoms with van der Waals surface area (Å²) in [4.78, 5) is 10.5. The fraction of sp³-hybridized carbons (Fsp3) is 0.444. The number of hydrogen-bond donors (Lipinski definition) is 3.